The Balaban J connectivity index is 2.02. The second-order valence-corrected chi connectivity index (χ2v) is 6.45. The minimum absolute atomic E-state index is 0.579. The van der Waals surface area contributed by atoms with Crippen molar-refractivity contribution in [2.24, 2.45) is 5.92 Å². The summed E-state index contributed by atoms with van der Waals surface area (Å²) in [5, 5.41) is 0.999. The Morgan fingerprint density at radius 1 is 1.16 bits per heavy atom. The summed E-state index contributed by atoms with van der Waals surface area (Å²) in [7, 11) is 0. The molecule has 0 spiro atoms. The van der Waals surface area contributed by atoms with Crippen molar-refractivity contribution < 1.29 is 0 Å². The van der Waals surface area contributed by atoms with E-state index in [9.17, 15) is 0 Å². The smallest absolute Gasteiger partial charge is 0.0413 e. The van der Waals surface area contributed by atoms with E-state index in [-0.39, 0.29) is 0 Å². The molecule has 1 heterocycles. The fourth-order valence-corrected chi connectivity index (χ4v) is 2.87. The van der Waals surface area contributed by atoms with Gasteiger partial charge in [0.05, 0.1) is 0 Å². The molecule has 0 fully saturated rings. The van der Waals surface area contributed by atoms with Crippen LogP contribution in [-0.4, -0.2) is 10.3 Å². The summed E-state index contributed by atoms with van der Waals surface area (Å²) >= 11 is 7.05. The minimum atomic E-state index is 0.579. The normalized spacial score (nSPS) is 12.4. The van der Waals surface area contributed by atoms with Gasteiger partial charge in [0.1, 0.15) is 0 Å². The molecule has 0 N–H and O–H groups in total. The Morgan fingerprint density at radius 3 is 2.63 bits per heavy atom. The van der Waals surface area contributed by atoms with Gasteiger partial charge in [0.25, 0.3) is 0 Å². The Morgan fingerprint density at radius 2 is 2.00 bits per heavy atom. The zero-order valence-electron chi connectivity index (χ0n) is 10.9. The molecule has 100 valence electrons. The first kappa shape index (κ1) is 14.7. The highest BCUT2D eigenvalue weighted by atomic mass is 79.9. The van der Waals surface area contributed by atoms with Crippen LogP contribution in [0.4, 0.5) is 0 Å². The first-order valence-corrected chi connectivity index (χ1v) is 8.31. The molecule has 1 aromatic carbocycles. The predicted octanol–water partition coefficient (Wildman–Crippen LogP) is 4.95. The lowest BCUT2D eigenvalue weighted by molar-refractivity contribution is 0.582. The highest BCUT2D eigenvalue weighted by Gasteiger charge is 2.10. The number of hydrogen-bond donors (Lipinski definition) is 0. The number of halogens is 2. The summed E-state index contributed by atoms with van der Waals surface area (Å²) < 4.78 is 1.03. The molecule has 2 aromatic rings. The van der Waals surface area contributed by atoms with Crippen molar-refractivity contribution in [3.8, 4) is 0 Å². The molecular weight excluding hydrogens is 366 g/mol. The molecule has 3 heteroatoms. The van der Waals surface area contributed by atoms with Crippen LogP contribution in [0.3, 0.4) is 0 Å². The molecular formula is C16H17Br2N. The number of alkyl halides is 1. The van der Waals surface area contributed by atoms with Crippen LogP contribution in [0.1, 0.15) is 16.8 Å². The van der Waals surface area contributed by atoms with E-state index in [4.69, 9.17) is 0 Å². The van der Waals surface area contributed by atoms with Gasteiger partial charge in [0, 0.05) is 21.7 Å². The molecule has 1 atom stereocenters. The standard InChI is InChI=1S/C16H17Br2N/c1-12-3-2-4-13(7-12)8-14(10-17)9-16-6-5-15(18)11-19-16/h2-7,11,14H,8-10H2,1H3. The summed E-state index contributed by atoms with van der Waals surface area (Å²) in [6, 6.07) is 12.9. The van der Waals surface area contributed by atoms with Gasteiger partial charge in [0.2, 0.25) is 0 Å². The molecule has 0 radical (unpaired) electrons. The van der Waals surface area contributed by atoms with Crippen molar-refractivity contribution >= 4 is 31.9 Å². The Bertz CT molecular complexity index is 523. The van der Waals surface area contributed by atoms with Gasteiger partial charge in [-0.15, -0.1) is 0 Å². The summed E-state index contributed by atoms with van der Waals surface area (Å²) in [6.07, 6.45) is 3.96. The molecule has 1 nitrogen and oxygen atoms in total. The predicted molar refractivity (Wildman–Crippen MR) is 87.8 cm³/mol. The van der Waals surface area contributed by atoms with Crippen LogP contribution in [0.2, 0.25) is 0 Å². The quantitative estimate of drug-likeness (QED) is 0.666. The van der Waals surface area contributed by atoms with Gasteiger partial charge >= 0.3 is 0 Å². The highest BCUT2D eigenvalue weighted by molar-refractivity contribution is 9.10. The number of nitrogens with zero attached hydrogens (tertiary/aromatic N) is 1. The second kappa shape index (κ2) is 7.20. The van der Waals surface area contributed by atoms with E-state index in [1.54, 1.807) is 0 Å². The molecule has 0 bridgehead atoms. The average Bonchev–Trinajstić information content (AvgIpc) is 2.40. The molecule has 0 saturated carbocycles. The summed E-state index contributed by atoms with van der Waals surface area (Å²) in [5.41, 5.74) is 3.88. The van der Waals surface area contributed by atoms with Crippen LogP contribution < -0.4 is 0 Å². The van der Waals surface area contributed by atoms with Crippen LogP contribution in [-0.2, 0) is 12.8 Å². The maximum Gasteiger partial charge on any atom is 0.0413 e. The first-order valence-electron chi connectivity index (χ1n) is 6.39. The molecule has 0 amide bonds. The summed E-state index contributed by atoms with van der Waals surface area (Å²) in [6.45, 7) is 2.14. The zero-order chi connectivity index (χ0) is 13.7. The van der Waals surface area contributed by atoms with Crippen molar-refractivity contribution in [3.05, 3.63) is 63.9 Å². The van der Waals surface area contributed by atoms with Gasteiger partial charge in [-0.1, -0.05) is 45.8 Å². The lowest BCUT2D eigenvalue weighted by Crippen LogP contribution is -2.11. The molecule has 0 aliphatic carbocycles. The van der Waals surface area contributed by atoms with Crippen molar-refractivity contribution in [2.75, 3.05) is 5.33 Å². The molecule has 1 unspecified atom stereocenters. The number of hydrogen-bond acceptors (Lipinski definition) is 1. The van der Waals surface area contributed by atoms with Crippen molar-refractivity contribution in [1.82, 2.24) is 4.98 Å². The number of pyridine rings is 1. The largest absolute Gasteiger partial charge is 0.260 e. The van der Waals surface area contributed by atoms with Crippen LogP contribution in [0.25, 0.3) is 0 Å². The first-order chi connectivity index (χ1) is 9.17. The van der Waals surface area contributed by atoms with Gasteiger partial charge in [-0.2, -0.15) is 0 Å². The SMILES string of the molecule is Cc1cccc(CC(CBr)Cc2ccc(Br)cn2)c1. The Hall–Kier alpha value is -0.670. The van der Waals surface area contributed by atoms with Crippen LogP contribution in [0.5, 0.6) is 0 Å². The van der Waals surface area contributed by atoms with Gasteiger partial charge in [-0.05, 0) is 59.3 Å². The zero-order valence-corrected chi connectivity index (χ0v) is 14.1. The topological polar surface area (TPSA) is 12.9 Å². The van der Waals surface area contributed by atoms with Gasteiger partial charge < -0.3 is 0 Å². The lowest BCUT2D eigenvalue weighted by Gasteiger charge is -2.14. The number of rotatable bonds is 5. The molecule has 19 heavy (non-hydrogen) atoms. The maximum absolute atomic E-state index is 4.46. The van der Waals surface area contributed by atoms with Gasteiger partial charge in [-0.3, -0.25) is 4.98 Å². The van der Waals surface area contributed by atoms with Crippen molar-refractivity contribution in [1.29, 1.82) is 0 Å². The van der Waals surface area contributed by atoms with Gasteiger partial charge in [-0.25, -0.2) is 0 Å². The minimum Gasteiger partial charge on any atom is -0.260 e. The molecule has 0 aliphatic heterocycles. The van der Waals surface area contributed by atoms with E-state index in [1.807, 2.05) is 6.20 Å². The monoisotopic (exact) mass is 381 g/mol. The molecule has 0 aliphatic rings. The van der Waals surface area contributed by atoms with E-state index in [0.29, 0.717) is 5.92 Å². The van der Waals surface area contributed by atoms with Crippen molar-refractivity contribution in [3.63, 3.8) is 0 Å². The third-order valence-corrected chi connectivity index (χ3v) is 4.50. The fourth-order valence-electron chi connectivity index (χ4n) is 2.18. The molecule has 0 saturated heterocycles. The third-order valence-electron chi connectivity index (χ3n) is 3.11. The highest BCUT2D eigenvalue weighted by Crippen LogP contribution is 2.18. The lowest BCUT2D eigenvalue weighted by atomic mass is 9.95. The second-order valence-electron chi connectivity index (χ2n) is 4.89. The van der Waals surface area contributed by atoms with E-state index in [2.05, 4.69) is 80.2 Å². The van der Waals surface area contributed by atoms with E-state index in [1.165, 1.54) is 11.1 Å². The molecule has 2 rings (SSSR count). The van der Waals surface area contributed by atoms with E-state index >= 15 is 0 Å². The number of aromatic nitrogens is 1. The van der Waals surface area contributed by atoms with Crippen LogP contribution in [0, 0.1) is 12.8 Å². The van der Waals surface area contributed by atoms with Gasteiger partial charge in [0.15, 0.2) is 0 Å². The third kappa shape index (κ3) is 4.73. The van der Waals surface area contributed by atoms with Crippen LogP contribution in [0.15, 0.2) is 47.1 Å². The fraction of sp³-hybridized carbons (Fsp3) is 0.312. The Labute approximate surface area is 131 Å². The van der Waals surface area contributed by atoms with E-state index in [0.717, 1.165) is 28.3 Å². The van der Waals surface area contributed by atoms with Crippen LogP contribution >= 0.6 is 31.9 Å². The number of aryl methyl sites for hydroxylation is 1. The Kier molecular flexibility index (Phi) is 5.59. The van der Waals surface area contributed by atoms with E-state index < -0.39 is 0 Å². The summed E-state index contributed by atoms with van der Waals surface area (Å²) in [5.74, 6) is 0.579. The summed E-state index contributed by atoms with van der Waals surface area (Å²) in [4.78, 5) is 4.46. The maximum atomic E-state index is 4.46. The van der Waals surface area contributed by atoms with Crippen molar-refractivity contribution in [2.45, 2.75) is 19.8 Å². The number of benzene rings is 1. The average molecular weight is 383 g/mol. The molecule has 1 aromatic heterocycles.